The van der Waals surface area contributed by atoms with Crippen molar-refractivity contribution in [1.29, 1.82) is 0 Å². The van der Waals surface area contributed by atoms with Gasteiger partial charge in [-0.25, -0.2) is 0 Å². The molecular weight excluding hydrogens is 232 g/mol. The van der Waals surface area contributed by atoms with Crippen molar-refractivity contribution >= 4 is 10.9 Å². The zero-order valence-corrected chi connectivity index (χ0v) is 11.9. The van der Waals surface area contributed by atoms with E-state index in [1.54, 1.807) is 0 Å². The summed E-state index contributed by atoms with van der Waals surface area (Å²) in [5, 5.41) is 5.07. The van der Waals surface area contributed by atoms with Crippen molar-refractivity contribution in [2.45, 2.75) is 45.7 Å². The average Bonchev–Trinajstić information content (AvgIpc) is 2.88. The molecule has 0 spiro atoms. The highest BCUT2D eigenvalue weighted by atomic mass is 14.9. The van der Waals surface area contributed by atoms with Gasteiger partial charge in [0.2, 0.25) is 0 Å². The van der Waals surface area contributed by atoms with Crippen molar-refractivity contribution in [3.8, 4) is 0 Å². The zero-order valence-electron chi connectivity index (χ0n) is 11.9. The molecule has 0 amide bonds. The summed E-state index contributed by atoms with van der Waals surface area (Å²) < 4.78 is 0. The molecule has 1 aromatic carbocycles. The Hall–Kier alpha value is -1.28. The van der Waals surface area contributed by atoms with Crippen LogP contribution in [0.4, 0.5) is 0 Å². The first kappa shape index (κ1) is 12.7. The fourth-order valence-electron chi connectivity index (χ4n) is 3.33. The highest BCUT2D eigenvalue weighted by Crippen LogP contribution is 2.29. The predicted molar refractivity (Wildman–Crippen MR) is 81.1 cm³/mol. The van der Waals surface area contributed by atoms with Gasteiger partial charge >= 0.3 is 0 Å². The molecule has 2 nitrogen and oxygen atoms in total. The van der Waals surface area contributed by atoms with E-state index < -0.39 is 0 Å². The van der Waals surface area contributed by atoms with E-state index in [1.165, 1.54) is 35.7 Å². The maximum absolute atomic E-state index is 3.76. The first-order valence-corrected chi connectivity index (χ1v) is 7.53. The molecule has 3 rings (SSSR count). The van der Waals surface area contributed by atoms with Crippen LogP contribution in [0, 0.1) is 11.8 Å². The quantitative estimate of drug-likeness (QED) is 0.850. The van der Waals surface area contributed by atoms with Crippen molar-refractivity contribution in [3.63, 3.8) is 0 Å². The largest absolute Gasteiger partial charge is 0.361 e. The van der Waals surface area contributed by atoms with Gasteiger partial charge in [-0.1, -0.05) is 32.8 Å². The molecule has 0 bridgehead atoms. The molecule has 0 radical (unpaired) electrons. The number of benzene rings is 1. The highest BCUT2D eigenvalue weighted by Gasteiger charge is 2.26. The minimum absolute atomic E-state index is 0.686. The van der Waals surface area contributed by atoms with Gasteiger partial charge in [0, 0.05) is 24.3 Å². The second kappa shape index (κ2) is 5.38. The molecule has 3 atom stereocenters. The summed E-state index contributed by atoms with van der Waals surface area (Å²) >= 11 is 0. The van der Waals surface area contributed by atoms with Crippen molar-refractivity contribution < 1.29 is 0 Å². The van der Waals surface area contributed by atoms with Crippen LogP contribution < -0.4 is 5.32 Å². The Labute approximate surface area is 115 Å². The lowest BCUT2D eigenvalue weighted by Gasteiger charge is -2.34. The first-order valence-electron chi connectivity index (χ1n) is 7.53. The van der Waals surface area contributed by atoms with Gasteiger partial charge < -0.3 is 10.3 Å². The molecule has 1 saturated carbocycles. The predicted octanol–water partition coefficient (Wildman–Crippen LogP) is 4.08. The zero-order chi connectivity index (χ0) is 13.2. The molecule has 19 heavy (non-hydrogen) atoms. The van der Waals surface area contributed by atoms with Gasteiger partial charge in [-0.3, -0.25) is 0 Å². The van der Waals surface area contributed by atoms with Gasteiger partial charge in [-0.2, -0.15) is 0 Å². The van der Waals surface area contributed by atoms with Crippen LogP contribution in [0.1, 0.15) is 38.7 Å². The Morgan fingerprint density at radius 2 is 2.11 bits per heavy atom. The van der Waals surface area contributed by atoms with E-state index in [4.69, 9.17) is 0 Å². The lowest BCUT2D eigenvalue weighted by Crippen LogP contribution is -2.40. The molecule has 1 fully saturated rings. The minimum atomic E-state index is 0.686. The van der Waals surface area contributed by atoms with Crippen LogP contribution >= 0.6 is 0 Å². The molecule has 1 heterocycles. The molecule has 2 aromatic rings. The molecule has 2 heteroatoms. The normalized spacial score (nSPS) is 27.8. The van der Waals surface area contributed by atoms with Crippen LogP contribution in [-0.2, 0) is 6.54 Å². The van der Waals surface area contributed by atoms with E-state index in [0.717, 1.165) is 18.4 Å². The average molecular weight is 256 g/mol. The van der Waals surface area contributed by atoms with E-state index in [-0.39, 0.29) is 0 Å². The molecule has 0 aliphatic heterocycles. The number of H-pyrrole nitrogens is 1. The van der Waals surface area contributed by atoms with Crippen molar-refractivity contribution in [2.24, 2.45) is 11.8 Å². The summed E-state index contributed by atoms with van der Waals surface area (Å²) in [5.41, 5.74) is 2.61. The van der Waals surface area contributed by atoms with E-state index >= 15 is 0 Å². The number of hydrogen-bond acceptors (Lipinski definition) is 1. The number of hydrogen-bond donors (Lipinski definition) is 2. The number of aromatic amines is 1. The van der Waals surface area contributed by atoms with Crippen LogP contribution in [0.2, 0.25) is 0 Å². The first-order chi connectivity index (χ1) is 9.24. The molecular formula is C17H24N2. The van der Waals surface area contributed by atoms with Crippen LogP contribution in [-0.4, -0.2) is 11.0 Å². The van der Waals surface area contributed by atoms with Crippen molar-refractivity contribution in [2.75, 3.05) is 0 Å². The third-order valence-corrected chi connectivity index (χ3v) is 4.89. The summed E-state index contributed by atoms with van der Waals surface area (Å²) in [7, 11) is 0. The summed E-state index contributed by atoms with van der Waals surface area (Å²) in [6.45, 7) is 5.78. The van der Waals surface area contributed by atoms with Gasteiger partial charge in [0.05, 0.1) is 0 Å². The van der Waals surface area contributed by atoms with E-state index in [0.29, 0.717) is 6.04 Å². The molecule has 2 N–H and O–H groups in total. The van der Waals surface area contributed by atoms with Crippen LogP contribution in [0.15, 0.2) is 30.5 Å². The van der Waals surface area contributed by atoms with Gasteiger partial charge in [-0.15, -0.1) is 0 Å². The highest BCUT2D eigenvalue weighted by molar-refractivity contribution is 5.79. The van der Waals surface area contributed by atoms with E-state index in [2.05, 4.69) is 48.4 Å². The van der Waals surface area contributed by atoms with Crippen molar-refractivity contribution in [3.05, 3.63) is 36.0 Å². The number of nitrogens with one attached hydrogen (secondary N) is 2. The molecule has 102 valence electrons. The van der Waals surface area contributed by atoms with Gasteiger partial charge in [0.25, 0.3) is 0 Å². The maximum Gasteiger partial charge on any atom is 0.0454 e. The van der Waals surface area contributed by atoms with Crippen molar-refractivity contribution in [1.82, 2.24) is 10.3 Å². The number of aromatic nitrogens is 1. The Balaban J connectivity index is 1.64. The molecule has 1 aromatic heterocycles. The topological polar surface area (TPSA) is 27.8 Å². The Bertz CT molecular complexity index is 543. The Morgan fingerprint density at radius 1 is 1.21 bits per heavy atom. The second-order valence-electron chi connectivity index (χ2n) is 6.15. The van der Waals surface area contributed by atoms with Gasteiger partial charge in [0.15, 0.2) is 0 Å². The summed E-state index contributed by atoms with van der Waals surface area (Å²) in [6.07, 6.45) is 6.11. The summed E-state index contributed by atoms with van der Waals surface area (Å²) in [6, 6.07) is 9.52. The number of rotatable bonds is 3. The lowest BCUT2D eigenvalue weighted by molar-refractivity contribution is 0.206. The molecule has 3 unspecified atom stereocenters. The van der Waals surface area contributed by atoms with Gasteiger partial charge in [-0.05, 0) is 47.4 Å². The van der Waals surface area contributed by atoms with Gasteiger partial charge in [0.1, 0.15) is 0 Å². The third-order valence-electron chi connectivity index (χ3n) is 4.89. The van der Waals surface area contributed by atoms with E-state index in [9.17, 15) is 0 Å². The summed E-state index contributed by atoms with van der Waals surface area (Å²) in [5.74, 6) is 1.66. The number of fused-ring (bicyclic) bond motifs is 1. The SMILES string of the molecule is CC1CCCC(NCc2ccc3[nH]ccc3c2)C1C. The molecule has 1 aliphatic rings. The monoisotopic (exact) mass is 256 g/mol. The molecule has 1 aliphatic carbocycles. The lowest BCUT2D eigenvalue weighted by atomic mass is 9.78. The van der Waals surface area contributed by atoms with E-state index in [1.807, 2.05) is 6.20 Å². The fourth-order valence-corrected chi connectivity index (χ4v) is 3.33. The fraction of sp³-hybridized carbons (Fsp3) is 0.529. The maximum atomic E-state index is 3.76. The Morgan fingerprint density at radius 3 is 3.00 bits per heavy atom. The standard InChI is InChI=1S/C17H24N2/c1-12-4-3-5-16(13(12)2)19-11-14-6-7-17-15(10-14)8-9-18-17/h6-10,12-13,16,18-19H,3-5,11H2,1-2H3. The second-order valence-corrected chi connectivity index (χ2v) is 6.15. The summed E-state index contributed by atoms with van der Waals surface area (Å²) in [4.78, 5) is 3.24. The minimum Gasteiger partial charge on any atom is -0.361 e. The van der Waals surface area contributed by atoms with Crippen LogP contribution in [0.25, 0.3) is 10.9 Å². The van der Waals surface area contributed by atoms with Crippen LogP contribution in [0.3, 0.4) is 0 Å². The molecule has 0 saturated heterocycles. The smallest absolute Gasteiger partial charge is 0.0454 e. The Kier molecular flexibility index (Phi) is 3.61. The third kappa shape index (κ3) is 2.69. The van der Waals surface area contributed by atoms with Crippen LogP contribution in [0.5, 0.6) is 0 Å².